The molecule has 0 aliphatic carbocycles. The van der Waals surface area contributed by atoms with Crippen molar-refractivity contribution in [2.45, 2.75) is 32.6 Å². The largest absolute Gasteiger partial charge is 0.325 e. The maximum absolute atomic E-state index is 13.3. The number of hydrogen-bond donors (Lipinski definition) is 1. The Morgan fingerprint density at radius 3 is 2.57 bits per heavy atom. The predicted octanol–water partition coefficient (Wildman–Crippen LogP) is 4.66. The highest BCUT2D eigenvalue weighted by atomic mass is 19.1. The van der Waals surface area contributed by atoms with Crippen LogP contribution in [-0.4, -0.2) is 5.91 Å². The molecule has 0 aliphatic rings. The van der Waals surface area contributed by atoms with Crippen molar-refractivity contribution in [2.24, 2.45) is 0 Å². The maximum atomic E-state index is 13.3. The molecule has 0 unspecified atom stereocenters. The fourth-order valence-corrected chi connectivity index (χ4v) is 2.37. The topological polar surface area (TPSA) is 29.1 Å². The predicted molar refractivity (Wildman–Crippen MR) is 83.9 cm³/mol. The van der Waals surface area contributed by atoms with Crippen molar-refractivity contribution in [1.82, 2.24) is 0 Å². The van der Waals surface area contributed by atoms with Gasteiger partial charge in [-0.05, 0) is 36.6 Å². The summed E-state index contributed by atoms with van der Waals surface area (Å²) in [7, 11) is 0. The van der Waals surface area contributed by atoms with Crippen molar-refractivity contribution in [3.8, 4) is 0 Å². The normalized spacial score (nSPS) is 12.0. The second-order valence-electron chi connectivity index (χ2n) is 5.20. The van der Waals surface area contributed by atoms with Gasteiger partial charge < -0.3 is 5.32 Å². The zero-order chi connectivity index (χ0) is 15.2. The Morgan fingerprint density at radius 2 is 1.90 bits per heavy atom. The molecule has 0 radical (unpaired) electrons. The average molecular weight is 285 g/mol. The molecule has 2 aromatic carbocycles. The summed E-state index contributed by atoms with van der Waals surface area (Å²) >= 11 is 0. The Hall–Kier alpha value is -2.16. The minimum absolute atomic E-state index is 0.0863. The van der Waals surface area contributed by atoms with Crippen molar-refractivity contribution < 1.29 is 9.18 Å². The van der Waals surface area contributed by atoms with Gasteiger partial charge in [-0.2, -0.15) is 0 Å². The van der Waals surface area contributed by atoms with E-state index in [0.29, 0.717) is 5.69 Å². The van der Waals surface area contributed by atoms with Crippen LogP contribution in [0, 0.1) is 12.7 Å². The minimum Gasteiger partial charge on any atom is -0.325 e. The third-order valence-corrected chi connectivity index (χ3v) is 3.55. The van der Waals surface area contributed by atoms with Crippen LogP contribution in [0.1, 0.15) is 36.8 Å². The lowest BCUT2D eigenvalue weighted by Crippen LogP contribution is -2.21. The molecule has 21 heavy (non-hydrogen) atoms. The van der Waals surface area contributed by atoms with Gasteiger partial charge in [0.1, 0.15) is 5.82 Å². The Morgan fingerprint density at radius 1 is 1.19 bits per heavy atom. The van der Waals surface area contributed by atoms with Gasteiger partial charge in [-0.15, -0.1) is 0 Å². The molecule has 3 heteroatoms. The van der Waals surface area contributed by atoms with Crippen molar-refractivity contribution in [3.05, 3.63) is 65.5 Å². The van der Waals surface area contributed by atoms with Crippen LogP contribution in [-0.2, 0) is 4.79 Å². The molecule has 2 nitrogen and oxygen atoms in total. The summed E-state index contributed by atoms with van der Waals surface area (Å²) in [5.41, 5.74) is 2.39. The van der Waals surface area contributed by atoms with Crippen LogP contribution in [0.5, 0.6) is 0 Å². The maximum Gasteiger partial charge on any atom is 0.231 e. The molecule has 0 aliphatic heterocycles. The van der Waals surface area contributed by atoms with Gasteiger partial charge in [-0.3, -0.25) is 4.79 Å². The van der Waals surface area contributed by atoms with E-state index >= 15 is 0 Å². The standard InChI is InChI=1S/C18H20FNO/c1-3-7-16(14-8-5-4-6-9-14)18(21)20-17-12-15(19)11-10-13(17)2/h4-6,8-12,16H,3,7H2,1-2H3,(H,20,21)/t16-/m1/s1. The molecule has 1 atom stereocenters. The van der Waals surface area contributed by atoms with E-state index in [2.05, 4.69) is 12.2 Å². The van der Waals surface area contributed by atoms with Gasteiger partial charge in [0.25, 0.3) is 0 Å². The molecule has 0 spiro atoms. The molecule has 2 aromatic rings. The van der Waals surface area contributed by atoms with Crippen LogP contribution >= 0.6 is 0 Å². The lowest BCUT2D eigenvalue weighted by molar-refractivity contribution is -0.117. The molecular weight excluding hydrogens is 265 g/mol. The fourth-order valence-electron chi connectivity index (χ4n) is 2.37. The number of rotatable bonds is 5. The third kappa shape index (κ3) is 3.91. The number of amides is 1. The molecule has 1 N–H and O–H groups in total. The summed E-state index contributed by atoms with van der Waals surface area (Å²) < 4.78 is 13.3. The molecule has 0 bridgehead atoms. The number of halogens is 1. The monoisotopic (exact) mass is 285 g/mol. The van der Waals surface area contributed by atoms with Gasteiger partial charge in [0, 0.05) is 5.69 Å². The molecule has 0 aromatic heterocycles. The highest BCUT2D eigenvalue weighted by Crippen LogP contribution is 2.24. The molecule has 0 heterocycles. The Kier molecular flexibility index (Phi) is 5.09. The number of nitrogens with one attached hydrogen (secondary N) is 1. The minimum atomic E-state index is -0.345. The first-order chi connectivity index (χ1) is 10.1. The van der Waals surface area contributed by atoms with Crippen LogP contribution < -0.4 is 5.32 Å². The number of carbonyl (C=O) groups excluding carboxylic acids is 1. The van der Waals surface area contributed by atoms with E-state index in [4.69, 9.17) is 0 Å². The van der Waals surface area contributed by atoms with Crippen molar-refractivity contribution in [2.75, 3.05) is 5.32 Å². The molecule has 0 saturated carbocycles. The van der Waals surface area contributed by atoms with Gasteiger partial charge in [-0.1, -0.05) is 49.7 Å². The van der Waals surface area contributed by atoms with Crippen LogP contribution in [0.25, 0.3) is 0 Å². The van der Waals surface area contributed by atoms with E-state index in [1.807, 2.05) is 37.3 Å². The van der Waals surface area contributed by atoms with Gasteiger partial charge in [0.15, 0.2) is 0 Å². The van der Waals surface area contributed by atoms with Gasteiger partial charge in [0.2, 0.25) is 5.91 Å². The van der Waals surface area contributed by atoms with E-state index in [1.54, 1.807) is 6.07 Å². The van der Waals surface area contributed by atoms with Gasteiger partial charge >= 0.3 is 0 Å². The Labute approximate surface area is 125 Å². The third-order valence-electron chi connectivity index (χ3n) is 3.55. The lowest BCUT2D eigenvalue weighted by atomic mass is 9.93. The van der Waals surface area contributed by atoms with Crippen molar-refractivity contribution >= 4 is 11.6 Å². The number of hydrogen-bond acceptors (Lipinski definition) is 1. The summed E-state index contributed by atoms with van der Waals surface area (Å²) in [6, 6.07) is 14.1. The molecule has 0 saturated heterocycles. The van der Waals surface area contributed by atoms with Gasteiger partial charge in [0.05, 0.1) is 5.92 Å². The first kappa shape index (κ1) is 15.2. The number of anilines is 1. The first-order valence-electron chi connectivity index (χ1n) is 7.23. The fraction of sp³-hybridized carbons (Fsp3) is 0.278. The number of carbonyl (C=O) groups is 1. The molecule has 0 fully saturated rings. The second kappa shape index (κ2) is 7.02. The van der Waals surface area contributed by atoms with Crippen LogP contribution in [0.4, 0.5) is 10.1 Å². The number of benzene rings is 2. The van der Waals surface area contributed by atoms with E-state index in [0.717, 1.165) is 24.0 Å². The smallest absolute Gasteiger partial charge is 0.231 e. The average Bonchev–Trinajstić information content (AvgIpc) is 2.49. The Bertz CT molecular complexity index is 610. The lowest BCUT2D eigenvalue weighted by Gasteiger charge is -2.17. The van der Waals surface area contributed by atoms with Crippen LogP contribution in [0.3, 0.4) is 0 Å². The summed E-state index contributed by atoms with van der Waals surface area (Å²) in [6.45, 7) is 3.91. The van der Waals surface area contributed by atoms with Gasteiger partial charge in [-0.25, -0.2) is 4.39 Å². The second-order valence-corrected chi connectivity index (χ2v) is 5.20. The van der Waals surface area contributed by atoms with E-state index in [-0.39, 0.29) is 17.6 Å². The zero-order valence-electron chi connectivity index (χ0n) is 12.4. The summed E-state index contributed by atoms with van der Waals surface area (Å²) in [5.74, 6) is -0.640. The zero-order valence-corrected chi connectivity index (χ0v) is 12.4. The highest BCUT2D eigenvalue weighted by molar-refractivity contribution is 5.96. The molecule has 110 valence electrons. The summed E-state index contributed by atoms with van der Waals surface area (Å²) in [5, 5.41) is 2.86. The molecule has 1 amide bonds. The van der Waals surface area contributed by atoms with Crippen molar-refractivity contribution in [3.63, 3.8) is 0 Å². The number of aryl methyl sites for hydroxylation is 1. The van der Waals surface area contributed by atoms with E-state index < -0.39 is 0 Å². The molecule has 2 rings (SSSR count). The SMILES string of the molecule is CCC[C@@H](C(=O)Nc1cc(F)ccc1C)c1ccccc1. The molecular formula is C18H20FNO. The first-order valence-corrected chi connectivity index (χ1v) is 7.23. The van der Waals surface area contributed by atoms with Crippen molar-refractivity contribution in [1.29, 1.82) is 0 Å². The van der Waals surface area contributed by atoms with E-state index in [9.17, 15) is 9.18 Å². The van der Waals surface area contributed by atoms with Crippen LogP contribution in [0.15, 0.2) is 48.5 Å². The van der Waals surface area contributed by atoms with E-state index in [1.165, 1.54) is 12.1 Å². The summed E-state index contributed by atoms with van der Waals surface area (Å²) in [4.78, 5) is 12.5. The highest BCUT2D eigenvalue weighted by Gasteiger charge is 2.20. The quantitative estimate of drug-likeness (QED) is 0.850. The summed E-state index contributed by atoms with van der Waals surface area (Å²) in [6.07, 6.45) is 1.68. The Balaban J connectivity index is 2.21. The van der Waals surface area contributed by atoms with Crippen LogP contribution in [0.2, 0.25) is 0 Å².